The zero-order chi connectivity index (χ0) is 21.5. The van der Waals surface area contributed by atoms with Crippen LogP contribution in [0.5, 0.6) is 0 Å². The van der Waals surface area contributed by atoms with Gasteiger partial charge in [-0.15, -0.1) is 0 Å². The Morgan fingerprint density at radius 3 is 1.50 bits per heavy atom. The largest absolute Gasteiger partial charge is 0.510 e. The Kier molecular flexibility index (Phi) is 13.7. The maximum atomic E-state index is 13.5. The van der Waals surface area contributed by atoms with E-state index in [0.29, 0.717) is 26.1 Å². The van der Waals surface area contributed by atoms with Crippen LogP contribution in [-0.4, -0.2) is 72.2 Å². The fourth-order valence-electron chi connectivity index (χ4n) is 1.35. The molecular formula is C14H25F2O11P. The highest BCUT2D eigenvalue weighted by Gasteiger charge is 2.50. The highest BCUT2D eigenvalue weighted by molar-refractivity contribution is 7.55. The molecule has 28 heavy (non-hydrogen) atoms. The van der Waals surface area contributed by atoms with E-state index in [-0.39, 0.29) is 20.1 Å². The van der Waals surface area contributed by atoms with Gasteiger partial charge in [0.25, 0.3) is 0 Å². The Morgan fingerprint density at radius 2 is 1.18 bits per heavy atom. The van der Waals surface area contributed by atoms with Crippen LogP contribution in [0.15, 0.2) is 0 Å². The predicted molar refractivity (Wildman–Crippen MR) is 88.0 cm³/mol. The minimum Gasteiger partial charge on any atom is -0.434 e. The Balaban J connectivity index is 4.28. The van der Waals surface area contributed by atoms with Crippen LogP contribution in [-0.2, 0) is 42.0 Å². The Hall–Kier alpha value is -1.53. The second kappa shape index (κ2) is 14.5. The zero-order valence-corrected chi connectivity index (χ0v) is 16.7. The quantitative estimate of drug-likeness (QED) is 0.162. The number of rotatable bonds is 15. The van der Waals surface area contributed by atoms with E-state index < -0.39 is 39.2 Å². The van der Waals surface area contributed by atoms with E-state index >= 15 is 0 Å². The number of carbonyl (C=O) groups excluding carboxylic acids is 2. The Labute approximate surface area is 161 Å². The molecular weight excluding hydrogens is 413 g/mol. The van der Waals surface area contributed by atoms with Crippen molar-refractivity contribution in [3.63, 3.8) is 0 Å². The summed E-state index contributed by atoms with van der Waals surface area (Å²) in [5.41, 5.74) is -3.97. The van der Waals surface area contributed by atoms with Crippen molar-refractivity contribution in [1.29, 1.82) is 0 Å². The Bertz CT molecular complexity index is 464. The van der Waals surface area contributed by atoms with Gasteiger partial charge in [0.15, 0.2) is 0 Å². The molecule has 0 amide bonds. The molecule has 0 aromatic heterocycles. The number of alkyl halides is 2. The fourth-order valence-corrected chi connectivity index (χ4v) is 2.26. The third-order valence-corrected chi connectivity index (χ3v) is 4.56. The summed E-state index contributed by atoms with van der Waals surface area (Å²) < 4.78 is 75.2. The topological polar surface area (TPSA) is 125 Å². The molecule has 0 unspecified atom stereocenters. The highest BCUT2D eigenvalue weighted by Crippen LogP contribution is 2.61. The molecule has 0 aromatic carbocycles. The van der Waals surface area contributed by atoms with E-state index in [0.717, 1.165) is 0 Å². The van der Waals surface area contributed by atoms with E-state index in [9.17, 15) is 22.9 Å². The molecule has 0 aliphatic rings. The van der Waals surface area contributed by atoms with Crippen LogP contribution in [0.1, 0.15) is 19.8 Å². The van der Waals surface area contributed by atoms with E-state index in [1.165, 1.54) is 14.2 Å². The van der Waals surface area contributed by atoms with Crippen LogP contribution in [0.3, 0.4) is 0 Å². The van der Waals surface area contributed by atoms with Gasteiger partial charge in [0.05, 0.1) is 13.2 Å². The van der Waals surface area contributed by atoms with Crippen LogP contribution in [0.4, 0.5) is 18.4 Å². The van der Waals surface area contributed by atoms with Crippen molar-refractivity contribution in [2.75, 3.05) is 54.2 Å². The highest BCUT2D eigenvalue weighted by atomic mass is 31.2. The Morgan fingerprint density at radius 1 is 0.786 bits per heavy atom. The molecule has 14 heteroatoms. The zero-order valence-electron chi connectivity index (χ0n) is 15.9. The lowest BCUT2D eigenvalue weighted by Gasteiger charge is -2.22. The first-order valence-corrected chi connectivity index (χ1v) is 9.54. The average Bonchev–Trinajstić information content (AvgIpc) is 2.61. The van der Waals surface area contributed by atoms with Crippen LogP contribution < -0.4 is 0 Å². The van der Waals surface area contributed by atoms with Crippen molar-refractivity contribution in [3.05, 3.63) is 0 Å². The summed E-state index contributed by atoms with van der Waals surface area (Å²) in [4.78, 5) is 22.4. The molecule has 0 radical (unpaired) electrons. The van der Waals surface area contributed by atoms with Gasteiger partial charge in [0, 0.05) is 47.2 Å². The van der Waals surface area contributed by atoms with Crippen molar-refractivity contribution in [1.82, 2.24) is 0 Å². The van der Waals surface area contributed by atoms with E-state index in [1.807, 2.05) is 0 Å². The number of hydrogen-bond donors (Lipinski definition) is 0. The van der Waals surface area contributed by atoms with Gasteiger partial charge < -0.3 is 28.4 Å². The van der Waals surface area contributed by atoms with Gasteiger partial charge in [0.1, 0.15) is 0 Å². The van der Waals surface area contributed by atoms with Gasteiger partial charge in [-0.25, -0.2) is 9.59 Å². The fraction of sp³-hybridized carbons (Fsp3) is 0.857. The van der Waals surface area contributed by atoms with Gasteiger partial charge in [-0.2, -0.15) is 8.78 Å². The average molecular weight is 438 g/mol. The van der Waals surface area contributed by atoms with Gasteiger partial charge in [-0.1, -0.05) is 0 Å². The van der Waals surface area contributed by atoms with Crippen molar-refractivity contribution < 1.29 is 60.4 Å². The van der Waals surface area contributed by atoms with Gasteiger partial charge >= 0.3 is 25.6 Å². The number of halogens is 2. The summed E-state index contributed by atoms with van der Waals surface area (Å²) in [7, 11) is -2.21. The minimum absolute atomic E-state index is 0.0366. The molecule has 0 bridgehead atoms. The number of carbonyl (C=O) groups is 2. The molecule has 0 atom stereocenters. The summed E-state index contributed by atoms with van der Waals surface area (Å²) in [5.74, 6) is 0. The molecule has 0 spiro atoms. The van der Waals surface area contributed by atoms with Crippen molar-refractivity contribution in [2.45, 2.75) is 25.4 Å². The van der Waals surface area contributed by atoms with Crippen LogP contribution >= 0.6 is 7.60 Å². The summed E-state index contributed by atoms with van der Waals surface area (Å²) in [5, 5.41) is 0. The first-order valence-electron chi connectivity index (χ1n) is 8.00. The van der Waals surface area contributed by atoms with Gasteiger partial charge in [-0.3, -0.25) is 13.6 Å². The minimum atomic E-state index is -5.13. The van der Waals surface area contributed by atoms with E-state index in [4.69, 9.17) is 9.47 Å². The van der Waals surface area contributed by atoms with Crippen molar-refractivity contribution in [2.24, 2.45) is 0 Å². The molecule has 11 nitrogen and oxygen atoms in total. The second-order valence-electron chi connectivity index (χ2n) is 5.01. The first-order chi connectivity index (χ1) is 13.2. The first kappa shape index (κ1) is 26.5. The molecule has 166 valence electrons. The normalized spacial score (nSPS) is 11.8. The molecule has 0 rings (SSSR count). The summed E-state index contributed by atoms with van der Waals surface area (Å²) in [6, 6.07) is 0. The lowest BCUT2D eigenvalue weighted by Crippen LogP contribution is -2.20. The molecule has 0 saturated heterocycles. The molecule has 0 aliphatic carbocycles. The summed E-state index contributed by atoms with van der Waals surface area (Å²) in [6.07, 6.45) is -1.67. The third kappa shape index (κ3) is 12.0. The summed E-state index contributed by atoms with van der Waals surface area (Å²) in [6.45, 7) is -1.40. The van der Waals surface area contributed by atoms with E-state index in [2.05, 4.69) is 28.0 Å². The molecule has 0 fully saturated rings. The predicted octanol–water partition coefficient (Wildman–Crippen LogP) is 3.12. The lowest BCUT2D eigenvalue weighted by atomic mass is 10.5. The van der Waals surface area contributed by atoms with Crippen LogP contribution in [0.25, 0.3) is 0 Å². The van der Waals surface area contributed by atoms with Crippen molar-refractivity contribution in [3.8, 4) is 0 Å². The maximum absolute atomic E-state index is 13.5. The second-order valence-corrected chi connectivity index (χ2v) is 7.31. The van der Waals surface area contributed by atoms with E-state index in [1.54, 1.807) is 0 Å². The van der Waals surface area contributed by atoms with Crippen LogP contribution in [0, 0.1) is 0 Å². The van der Waals surface area contributed by atoms with Crippen molar-refractivity contribution >= 4 is 19.9 Å². The third-order valence-electron chi connectivity index (χ3n) is 2.71. The number of ether oxygens (including phenoxy) is 6. The molecule has 0 aliphatic heterocycles. The lowest BCUT2D eigenvalue weighted by molar-refractivity contribution is -0.0431. The van der Waals surface area contributed by atoms with Gasteiger partial charge in [0.2, 0.25) is 13.6 Å². The van der Waals surface area contributed by atoms with Crippen LogP contribution in [0.2, 0.25) is 0 Å². The maximum Gasteiger partial charge on any atom is 0.510 e. The summed E-state index contributed by atoms with van der Waals surface area (Å²) >= 11 is 0. The van der Waals surface area contributed by atoms with Gasteiger partial charge in [-0.05, 0) is 0 Å². The molecule has 0 aromatic rings. The standard InChI is InChI=1S/C14H25F2O11P/c1-14(15,16)28(19,26-10-24-12(17)22-8-4-6-20-2)27-11-25-13(18)23-9-5-7-21-3/h4-11H2,1-3H3. The number of hydrogen-bond acceptors (Lipinski definition) is 11. The number of methoxy groups -OCH3 is 2. The smallest absolute Gasteiger partial charge is 0.434 e. The molecule has 0 N–H and O–H groups in total. The molecule has 0 saturated carbocycles. The monoisotopic (exact) mass is 438 g/mol. The SMILES string of the molecule is COCCCOC(=O)OCOP(=O)(OCOC(=O)OCCCOC)C(C)(F)F. The molecule has 0 heterocycles.